The highest BCUT2D eigenvalue weighted by molar-refractivity contribution is 6.81. The highest BCUT2D eigenvalue weighted by Gasteiger charge is 2.62. The van der Waals surface area contributed by atoms with Crippen molar-refractivity contribution in [3.8, 4) is 0 Å². The van der Waals surface area contributed by atoms with Gasteiger partial charge in [-0.15, -0.1) is 5.73 Å². The summed E-state index contributed by atoms with van der Waals surface area (Å²) >= 11 is 0. The summed E-state index contributed by atoms with van der Waals surface area (Å²) in [5, 5.41) is 0. The second-order valence-corrected chi connectivity index (χ2v) is 18.3. The third-order valence-corrected chi connectivity index (χ3v) is 15.5. The number of hydrogen-bond acceptors (Lipinski definition) is 2. The van der Waals surface area contributed by atoms with Gasteiger partial charge in [-0.25, -0.2) is 0 Å². The summed E-state index contributed by atoms with van der Waals surface area (Å²) in [6, 6.07) is 33.7. The van der Waals surface area contributed by atoms with Gasteiger partial charge in [0.25, 0.3) is 0 Å². The van der Waals surface area contributed by atoms with Crippen molar-refractivity contribution in [1.29, 1.82) is 0 Å². The molecule has 4 aliphatic rings. The number of aryl methyl sites for hydroxylation is 2. The molecule has 2 heterocycles. The van der Waals surface area contributed by atoms with Crippen LogP contribution in [0.5, 0.6) is 0 Å². The van der Waals surface area contributed by atoms with E-state index < -0.39 is 8.07 Å². The SMILES string of the molecule is C=C=CN1c2ccc(C)cc2C2c3ccccc3C([Si](C)(C)C3c4ccccc4C4c5cc(C)ccc5N(C)C43)C21. The minimum Gasteiger partial charge on any atom is -0.370 e. The molecule has 3 heteroatoms. The zero-order chi connectivity index (χ0) is 28.2. The van der Waals surface area contributed by atoms with Gasteiger partial charge in [-0.1, -0.05) is 104 Å². The van der Waals surface area contributed by atoms with E-state index in [1.165, 1.54) is 39.2 Å². The number of rotatable bonds is 3. The molecular formula is C38H38N2Si. The molecular weight excluding hydrogens is 513 g/mol. The maximum Gasteiger partial charge on any atom is 0.0681 e. The Hall–Kier alpha value is -3.78. The third kappa shape index (κ3) is 3.19. The van der Waals surface area contributed by atoms with Crippen molar-refractivity contribution in [3.63, 3.8) is 0 Å². The van der Waals surface area contributed by atoms with Crippen molar-refractivity contribution in [2.75, 3.05) is 16.8 Å². The van der Waals surface area contributed by atoms with Gasteiger partial charge in [-0.2, -0.15) is 0 Å². The molecule has 2 aliphatic carbocycles. The fourth-order valence-corrected chi connectivity index (χ4v) is 14.6. The third-order valence-electron chi connectivity index (χ3n) is 11.0. The molecule has 6 unspecified atom stereocenters. The molecule has 8 rings (SSSR count). The van der Waals surface area contributed by atoms with E-state index in [1.54, 1.807) is 16.7 Å². The van der Waals surface area contributed by atoms with Crippen molar-refractivity contribution in [2.45, 2.75) is 61.9 Å². The number of likely N-dealkylation sites (N-methyl/N-ethyl adjacent to an activating group) is 1. The molecule has 0 amide bonds. The molecule has 0 bridgehead atoms. The molecule has 0 N–H and O–H groups in total. The van der Waals surface area contributed by atoms with E-state index >= 15 is 0 Å². The Balaban J connectivity index is 1.34. The van der Waals surface area contributed by atoms with Crippen molar-refractivity contribution in [1.82, 2.24) is 0 Å². The van der Waals surface area contributed by atoms with Crippen LogP contribution in [0.1, 0.15) is 67.4 Å². The van der Waals surface area contributed by atoms with Gasteiger partial charge in [-0.05, 0) is 59.4 Å². The van der Waals surface area contributed by atoms with Crippen LogP contribution < -0.4 is 9.80 Å². The smallest absolute Gasteiger partial charge is 0.0681 e. The Morgan fingerprint density at radius 3 is 1.73 bits per heavy atom. The Kier molecular flexibility index (Phi) is 5.24. The van der Waals surface area contributed by atoms with Crippen molar-refractivity contribution < 1.29 is 0 Å². The van der Waals surface area contributed by atoms with Crippen LogP contribution in [0.25, 0.3) is 0 Å². The largest absolute Gasteiger partial charge is 0.370 e. The minimum absolute atomic E-state index is 0.350. The van der Waals surface area contributed by atoms with Crippen LogP contribution in [-0.4, -0.2) is 27.2 Å². The standard InChI is InChI=1S/C38H38N2Si/c1-7-20-40-32-19-17-24(3)22-30(32)34-26-13-9-11-15-28(26)38(36(34)40)41(5,6)37-27-14-10-8-12-25(27)33-29-21-23(2)16-18-31(29)39(4)35(33)37/h8-22,33-38H,1H2,2-6H3. The maximum absolute atomic E-state index is 4.04. The quantitative estimate of drug-likeness (QED) is 0.186. The summed E-state index contributed by atoms with van der Waals surface area (Å²) in [7, 11) is 0.275. The summed E-state index contributed by atoms with van der Waals surface area (Å²) < 4.78 is 0. The first kappa shape index (κ1) is 25.0. The second-order valence-electron chi connectivity index (χ2n) is 13.4. The normalized spacial score (nSPS) is 26.6. The number of benzene rings is 4. The van der Waals surface area contributed by atoms with Crippen LogP contribution in [0.2, 0.25) is 13.1 Å². The Labute approximate surface area is 245 Å². The van der Waals surface area contributed by atoms with E-state index in [9.17, 15) is 0 Å². The molecule has 2 nitrogen and oxygen atoms in total. The lowest BCUT2D eigenvalue weighted by Gasteiger charge is -2.45. The zero-order valence-electron chi connectivity index (χ0n) is 24.7. The zero-order valence-corrected chi connectivity index (χ0v) is 25.7. The predicted octanol–water partition coefficient (Wildman–Crippen LogP) is 8.55. The van der Waals surface area contributed by atoms with Gasteiger partial charge in [0.05, 0.1) is 8.07 Å². The number of hydrogen-bond donors (Lipinski definition) is 0. The van der Waals surface area contributed by atoms with Gasteiger partial charge in [0.15, 0.2) is 0 Å². The highest BCUT2D eigenvalue weighted by atomic mass is 28.3. The van der Waals surface area contributed by atoms with Crippen LogP contribution in [0.3, 0.4) is 0 Å². The molecule has 0 spiro atoms. The van der Waals surface area contributed by atoms with E-state index in [2.05, 4.69) is 147 Å². The van der Waals surface area contributed by atoms with Gasteiger partial charge < -0.3 is 9.80 Å². The van der Waals surface area contributed by atoms with Gasteiger partial charge in [-0.3, -0.25) is 0 Å². The monoisotopic (exact) mass is 550 g/mol. The average Bonchev–Trinajstić information content (AvgIpc) is 3.65. The molecule has 4 aromatic carbocycles. The summed E-state index contributed by atoms with van der Waals surface area (Å²) in [6.07, 6.45) is 2.13. The molecule has 204 valence electrons. The molecule has 0 saturated heterocycles. The van der Waals surface area contributed by atoms with Crippen LogP contribution in [-0.2, 0) is 0 Å². The lowest BCUT2D eigenvalue weighted by atomic mass is 9.92. The van der Waals surface area contributed by atoms with Crippen LogP contribution in [0, 0.1) is 13.8 Å². The molecule has 0 saturated carbocycles. The van der Waals surface area contributed by atoms with Crippen molar-refractivity contribution >= 4 is 19.4 Å². The van der Waals surface area contributed by atoms with E-state index in [1.807, 2.05) is 0 Å². The number of nitrogens with zero attached hydrogens (tertiary/aromatic N) is 2. The summed E-state index contributed by atoms with van der Waals surface area (Å²) in [5.41, 5.74) is 18.8. The molecule has 0 fully saturated rings. The Bertz CT molecular complexity index is 1780. The molecule has 2 aliphatic heterocycles. The first-order valence-corrected chi connectivity index (χ1v) is 18.2. The lowest BCUT2D eigenvalue weighted by molar-refractivity contribution is 0.583. The number of anilines is 2. The van der Waals surface area contributed by atoms with Crippen LogP contribution in [0.15, 0.2) is 103 Å². The highest BCUT2D eigenvalue weighted by Crippen LogP contribution is 2.64. The number of fused-ring (bicyclic) bond motifs is 10. The van der Waals surface area contributed by atoms with E-state index in [0.717, 1.165) is 0 Å². The summed E-state index contributed by atoms with van der Waals surface area (Å²) in [5.74, 6) is 0.805. The van der Waals surface area contributed by atoms with E-state index in [-0.39, 0.29) is 0 Å². The van der Waals surface area contributed by atoms with Crippen LogP contribution >= 0.6 is 0 Å². The fraction of sp³-hybridized carbons (Fsp3) is 0.289. The van der Waals surface area contributed by atoms with Crippen molar-refractivity contribution in [2.24, 2.45) is 0 Å². The molecule has 0 aromatic heterocycles. The van der Waals surface area contributed by atoms with Gasteiger partial charge in [0.1, 0.15) is 0 Å². The first-order chi connectivity index (χ1) is 19.8. The minimum atomic E-state index is -2.08. The molecule has 41 heavy (non-hydrogen) atoms. The van der Waals surface area contributed by atoms with E-state index in [4.69, 9.17) is 0 Å². The van der Waals surface area contributed by atoms with Crippen molar-refractivity contribution in [3.05, 3.63) is 148 Å². The molecule has 4 aromatic rings. The second kappa shape index (κ2) is 8.61. The Morgan fingerprint density at radius 1 is 0.659 bits per heavy atom. The van der Waals surface area contributed by atoms with Gasteiger partial charge in [0, 0.05) is 59.6 Å². The fourth-order valence-electron chi connectivity index (χ4n) is 9.60. The molecule has 0 radical (unpaired) electrons. The van der Waals surface area contributed by atoms with Gasteiger partial charge >= 0.3 is 0 Å². The molecule has 6 atom stereocenters. The summed E-state index contributed by atoms with van der Waals surface area (Å²) in [6.45, 7) is 13.9. The van der Waals surface area contributed by atoms with E-state index in [0.29, 0.717) is 35.0 Å². The maximum atomic E-state index is 4.04. The first-order valence-electron chi connectivity index (χ1n) is 15.1. The van der Waals surface area contributed by atoms with Gasteiger partial charge in [0.2, 0.25) is 0 Å². The van der Waals surface area contributed by atoms with Crippen LogP contribution in [0.4, 0.5) is 11.4 Å². The lowest BCUT2D eigenvalue weighted by Crippen LogP contribution is -2.54. The predicted molar refractivity (Wildman–Crippen MR) is 174 cm³/mol. The topological polar surface area (TPSA) is 6.48 Å². The summed E-state index contributed by atoms with van der Waals surface area (Å²) in [4.78, 5) is 5.19. The Morgan fingerprint density at radius 2 is 1.15 bits per heavy atom. The average molecular weight is 551 g/mol.